The van der Waals surface area contributed by atoms with Crippen LogP contribution in [-0.2, 0) is 27.6 Å². The molecular weight excluding hydrogens is 481 g/mol. The highest BCUT2D eigenvalue weighted by Crippen LogP contribution is 2.35. The van der Waals surface area contributed by atoms with E-state index in [1.807, 2.05) is 24.8 Å². The molecule has 0 spiro atoms. The van der Waals surface area contributed by atoms with E-state index in [9.17, 15) is 26.4 Å². The minimum Gasteiger partial charge on any atom is -0.379 e. The van der Waals surface area contributed by atoms with Gasteiger partial charge in [-0.1, -0.05) is 26.0 Å². The number of hydrogen-bond donors (Lipinski definition) is 0. The molecule has 0 atom stereocenters. The lowest BCUT2D eigenvalue weighted by Gasteiger charge is -2.27. The summed E-state index contributed by atoms with van der Waals surface area (Å²) in [7, 11) is -4.57. The Balaban J connectivity index is 2.02. The van der Waals surface area contributed by atoms with Gasteiger partial charge in [0.25, 0.3) is 0 Å². The number of carbonyl (C=O) groups excluding carboxylic acids is 1. The van der Waals surface area contributed by atoms with Crippen molar-refractivity contribution in [1.29, 1.82) is 0 Å². The Morgan fingerprint density at radius 2 is 1.74 bits per heavy atom. The summed E-state index contributed by atoms with van der Waals surface area (Å²) in [6.45, 7) is 8.98. The van der Waals surface area contributed by atoms with E-state index in [1.54, 1.807) is 30.9 Å². The van der Waals surface area contributed by atoms with Crippen molar-refractivity contribution in [2.45, 2.75) is 64.2 Å². The molecule has 3 rings (SSSR count). The first kappa shape index (κ1) is 26.8. The number of rotatable bonds is 10. The van der Waals surface area contributed by atoms with E-state index in [2.05, 4.69) is 0 Å². The Kier molecular flexibility index (Phi) is 8.03. The molecule has 1 aliphatic rings. The third-order valence-electron chi connectivity index (χ3n) is 5.93. The minimum absolute atomic E-state index is 0.00554. The monoisotopic (exact) mass is 512 g/mol. The van der Waals surface area contributed by atoms with Crippen molar-refractivity contribution in [3.05, 3.63) is 53.6 Å². The predicted molar refractivity (Wildman–Crippen MR) is 128 cm³/mol. The molecule has 1 fully saturated rings. The van der Waals surface area contributed by atoms with Crippen molar-refractivity contribution >= 4 is 21.7 Å². The summed E-state index contributed by atoms with van der Waals surface area (Å²) in [4.78, 5) is 15.9. The van der Waals surface area contributed by atoms with Gasteiger partial charge in [-0.3, -0.25) is 4.79 Å². The number of halogens is 3. The molecule has 192 valence electrons. The van der Waals surface area contributed by atoms with Gasteiger partial charge < -0.3 is 14.0 Å². The van der Waals surface area contributed by atoms with E-state index >= 15 is 0 Å². The Morgan fingerprint density at radius 1 is 1.09 bits per heavy atom. The fourth-order valence-corrected chi connectivity index (χ4v) is 4.82. The van der Waals surface area contributed by atoms with Crippen molar-refractivity contribution in [1.82, 2.24) is 4.90 Å². The van der Waals surface area contributed by atoms with Gasteiger partial charge in [0, 0.05) is 48.9 Å². The fraction of sp³-hybridized carbons (Fsp3) is 0.480. The Hall–Kier alpha value is -2.75. The predicted octanol–water partition coefficient (Wildman–Crippen LogP) is 5.47. The van der Waals surface area contributed by atoms with E-state index in [-0.39, 0.29) is 30.2 Å². The minimum atomic E-state index is -4.69. The third-order valence-corrected chi connectivity index (χ3v) is 7.16. The number of benzene rings is 2. The lowest BCUT2D eigenvalue weighted by molar-refractivity contribution is -0.138. The lowest BCUT2D eigenvalue weighted by Crippen LogP contribution is -2.35. The van der Waals surface area contributed by atoms with Crippen molar-refractivity contribution in [2.24, 2.45) is 5.92 Å². The van der Waals surface area contributed by atoms with Crippen LogP contribution < -0.4 is 9.08 Å². The van der Waals surface area contributed by atoms with Crippen LogP contribution in [0.3, 0.4) is 0 Å². The highest BCUT2D eigenvalue weighted by Gasteiger charge is 2.35. The second-order valence-corrected chi connectivity index (χ2v) is 10.4. The molecule has 10 heteroatoms. The quantitative estimate of drug-likeness (QED) is 0.395. The molecule has 0 N–H and O–H groups in total. The van der Waals surface area contributed by atoms with Crippen LogP contribution in [0.1, 0.15) is 51.7 Å². The van der Waals surface area contributed by atoms with Crippen LogP contribution >= 0.6 is 0 Å². The summed E-state index contributed by atoms with van der Waals surface area (Å²) in [6, 6.07) is 8.65. The smallest absolute Gasteiger partial charge is 0.379 e. The molecular formula is C25H31F3N2O4S. The average Bonchev–Trinajstić information content (AvgIpc) is 3.63. The maximum absolute atomic E-state index is 13.2. The lowest BCUT2D eigenvalue weighted by atomic mass is 10.1. The first-order valence-electron chi connectivity index (χ1n) is 11.7. The molecule has 2 aromatic rings. The van der Waals surface area contributed by atoms with E-state index in [0.717, 1.165) is 31.0 Å². The van der Waals surface area contributed by atoms with Gasteiger partial charge in [-0.25, -0.2) is 0 Å². The van der Waals surface area contributed by atoms with Gasteiger partial charge in [-0.2, -0.15) is 21.6 Å². The number of alkyl halides is 3. The number of amides is 1. The van der Waals surface area contributed by atoms with Crippen LogP contribution in [0.25, 0.3) is 0 Å². The molecule has 0 aromatic heterocycles. The zero-order valence-electron chi connectivity index (χ0n) is 20.3. The van der Waals surface area contributed by atoms with Crippen molar-refractivity contribution in [3.8, 4) is 5.75 Å². The van der Waals surface area contributed by atoms with Crippen molar-refractivity contribution in [3.63, 3.8) is 0 Å². The van der Waals surface area contributed by atoms with Crippen LogP contribution in [0.2, 0.25) is 0 Å². The topological polar surface area (TPSA) is 66.9 Å². The van der Waals surface area contributed by atoms with Crippen molar-refractivity contribution in [2.75, 3.05) is 18.0 Å². The van der Waals surface area contributed by atoms with Crippen LogP contribution in [0, 0.1) is 5.92 Å². The zero-order chi connectivity index (χ0) is 26.0. The van der Waals surface area contributed by atoms with E-state index in [1.165, 1.54) is 0 Å². The van der Waals surface area contributed by atoms with Crippen LogP contribution in [-0.4, -0.2) is 38.4 Å². The summed E-state index contributed by atoms with van der Waals surface area (Å²) in [5.41, 5.74) is 0.0974. The summed E-state index contributed by atoms with van der Waals surface area (Å²) in [6.07, 6.45) is -2.95. The second-order valence-electron chi connectivity index (χ2n) is 8.88. The molecule has 0 aliphatic heterocycles. The molecule has 1 saturated carbocycles. The van der Waals surface area contributed by atoms with Gasteiger partial charge in [-0.05, 0) is 51.0 Å². The maximum Gasteiger partial charge on any atom is 0.416 e. The molecule has 1 aliphatic carbocycles. The average molecular weight is 513 g/mol. The van der Waals surface area contributed by atoms with Crippen LogP contribution in [0.5, 0.6) is 5.75 Å². The van der Waals surface area contributed by atoms with E-state index < -0.39 is 26.8 Å². The summed E-state index contributed by atoms with van der Waals surface area (Å²) in [5.74, 6) is -0.287. The Labute approximate surface area is 204 Å². The van der Waals surface area contributed by atoms with Gasteiger partial charge in [-0.15, -0.1) is 0 Å². The Bertz CT molecular complexity index is 1160. The summed E-state index contributed by atoms with van der Waals surface area (Å²) < 4.78 is 71.0. The highest BCUT2D eigenvalue weighted by atomic mass is 32.2. The highest BCUT2D eigenvalue weighted by molar-refractivity contribution is 7.87. The maximum atomic E-state index is 13.2. The number of nitrogens with zero attached hydrogens (tertiary/aromatic N) is 2. The molecule has 0 radical (unpaired) electrons. The Morgan fingerprint density at radius 3 is 2.29 bits per heavy atom. The fourth-order valence-electron chi connectivity index (χ4n) is 3.82. The van der Waals surface area contributed by atoms with Crippen molar-refractivity contribution < 1.29 is 30.6 Å². The van der Waals surface area contributed by atoms with Gasteiger partial charge in [0.05, 0.1) is 5.56 Å². The largest absolute Gasteiger partial charge is 0.416 e. The molecule has 2 aromatic carbocycles. The summed E-state index contributed by atoms with van der Waals surface area (Å²) >= 11 is 0. The number of hydrogen-bond acceptors (Lipinski definition) is 5. The first-order chi connectivity index (χ1) is 16.4. The first-order valence-corrected chi connectivity index (χ1v) is 13.1. The van der Waals surface area contributed by atoms with Gasteiger partial charge in [0.15, 0.2) is 0 Å². The zero-order valence-corrected chi connectivity index (χ0v) is 21.1. The number of anilines is 1. The van der Waals surface area contributed by atoms with E-state index in [0.29, 0.717) is 30.4 Å². The van der Waals surface area contributed by atoms with Crippen LogP contribution in [0.4, 0.5) is 18.9 Å². The summed E-state index contributed by atoms with van der Waals surface area (Å²) in [5, 5.41) is 0. The standard InChI is InChI=1S/C25H31F3N2O4S/c1-5-29(6-2)21-11-10-18(16-30(20-12-13-20)24(31)17(3)4)23(15-21)34-35(32,33)22-9-7-8-19(14-22)25(26,27)28/h7-11,14-15,17,20H,5-6,12-13,16H2,1-4H3. The van der Waals surface area contributed by atoms with E-state index in [4.69, 9.17) is 4.18 Å². The SMILES string of the molecule is CCN(CC)c1ccc(CN(C(=O)C(C)C)C2CC2)c(OS(=O)(=O)c2cccc(C(F)(F)F)c2)c1. The van der Waals surface area contributed by atoms with Crippen LogP contribution in [0.15, 0.2) is 47.4 Å². The second kappa shape index (κ2) is 10.5. The third kappa shape index (κ3) is 6.48. The molecule has 0 unspecified atom stereocenters. The van der Waals surface area contributed by atoms with Gasteiger partial charge in [0.2, 0.25) is 5.91 Å². The molecule has 6 nitrogen and oxygen atoms in total. The molecule has 0 heterocycles. The number of carbonyl (C=O) groups is 1. The van der Waals surface area contributed by atoms with Gasteiger partial charge in [0.1, 0.15) is 10.6 Å². The molecule has 0 bridgehead atoms. The molecule has 0 saturated heterocycles. The normalized spacial score (nSPS) is 14.2. The molecule has 35 heavy (non-hydrogen) atoms. The van der Waals surface area contributed by atoms with Gasteiger partial charge >= 0.3 is 16.3 Å². The molecule has 1 amide bonds.